The molecule has 0 spiro atoms. The van der Waals surface area contributed by atoms with E-state index in [1.165, 1.54) is 19.1 Å². The molecule has 1 aromatic rings. The van der Waals surface area contributed by atoms with Crippen molar-refractivity contribution in [1.82, 2.24) is 15.4 Å². The van der Waals surface area contributed by atoms with Gasteiger partial charge >= 0.3 is 5.97 Å². The molecule has 0 radical (unpaired) electrons. The van der Waals surface area contributed by atoms with Crippen molar-refractivity contribution in [3.8, 4) is 5.75 Å². The highest BCUT2D eigenvalue weighted by molar-refractivity contribution is 7.89. The standard InChI is InChI=1S/C18H28N4O5S/c1-14(12-17(23)24)22-28(25,26)16-7-4-6-15(13-16)27-11-3-2-8-19-18-20-9-5-10-21-18/h4,6-7,13-14,22H,2-3,5,8-12H2,1H3,(H,23,24)(H2,19,20,21). The van der Waals surface area contributed by atoms with Gasteiger partial charge in [0.15, 0.2) is 5.96 Å². The minimum Gasteiger partial charge on any atom is -0.494 e. The van der Waals surface area contributed by atoms with Crippen LogP contribution in [0, 0.1) is 0 Å². The molecule has 10 heteroatoms. The summed E-state index contributed by atoms with van der Waals surface area (Å²) in [5.41, 5.74) is 0. The molecule has 28 heavy (non-hydrogen) atoms. The number of hydrogen-bond acceptors (Lipinski definition) is 7. The summed E-state index contributed by atoms with van der Waals surface area (Å²) in [7, 11) is -3.80. The lowest BCUT2D eigenvalue weighted by molar-refractivity contribution is -0.137. The van der Waals surface area contributed by atoms with E-state index in [1.807, 2.05) is 0 Å². The number of nitrogens with zero attached hydrogens (tertiary/aromatic N) is 1. The second kappa shape index (κ2) is 10.9. The van der Waals surface area contributed by atoms with E-state index in [4.69, 9.17) is 9.84 Å². The molecule has 1 heterocycles. The Hall–Kier alpha value is -2.33. The number of aliphatic imine (C=N–C) groups is 1. The van der Waals surface area contributed by atoms with Gasteiger partial charge in [0.25, 0.3) is 0 Å². The summed E-state index contributed by atoms with van der Waals surface area (Å²) < 4.78 is 32.7. The maximum absolute atomic E-state index is 12.4. The van der Waals surface area contributed by atoms with Crippen molar-refractivity contribution in [1.29, 1.82) is 0 Å². The van der Waals surface area contributed by atoms with Gasteiger partial charge in [0.05, 0.1) is 17.9 Å². The molecule has 4 N–H and O–H groups in total. The van der Waals surface area contributed by atoms with Crippen LogP contribution in [0.1, 0.15) is 32.6 Å². The van der Waals surface area contributed by atoms with Crippen molar-refractivity contribution in [2.45, 2.75) is 43.5 Å². The first-order chi connectivity index (χ1) is 13.4. The van der Waals surface area contributed by atoms with Crippen LogP contribution in [0.3, 0.4) is 0 Å². The fourth-order valence-electron chi connectivity index (χ4n) is 2.64. The van der Waals surface area contributed by atoms with Crippen LogP contribution in [-0.4, -0.2) is 57.7 Å². The van der Waals surface area contributed by atoms with Crippen LogP contribution in [0.25, 0.3) is 0 Å². The first-order valence-electron chi connectivity index (χ1n) is 9.36. The summed E-state index contributed by atoms with van der Waals surface area (Å²) in [5, 5.41) is 15.2. The van der Waals surface area contributed by atoms with Gasteiger partial charge < -0.3 is 20.5 Å². The molecule has 1 aliphatic rings. The summed E-state index contributed by atoms with van der Waals surface area (Å²) in [5.74, 6) is 0.239. The summed E-state index contributed by atoms with van der Waals surface area (Å²) in [4.78, 5) is 15.1. The van der Waals surface area contributed by atoms with E-state index in [0.717, 1.165) is 44.9 Å². The number of guanidine groups is 1. The van der Waals surface area contributed by atoms with Crippen LogP contribution >= 0.6 is 0 Å². The first-order valence-corrected chi connectivity index (χ1v) is 10.8. The monoisotopic (exact) mass is 412 g/mol. The highest BCUT2D eigenvalue weighted by atomic mass is 32.2. The molecular weight excluding hydrogens is 384 g/mol. The lowest BCUT2D eigenvalue weighted by atomic mass is 10.3. The van der Waals surface area contributed by atoms with Crippen molar-refractivity contribution in [2.75, 3.05) is 26.2 Å². The molecule has 1 aliphatic heterocycles. The van der Waals surface area contributed by atoms with Crippen LogP contribution in [0.5, 0.6) is 5.75 Å². The Morgan fingerprint density at radius 3 is 2.93 bits per heavy atom. The number of carboxylic acids is 1. The number of sulfonamides is 1. The third-order valence-corrected chi connectivity index (χ3v) is 5.57. The molecule has 0 bridgehead atoms. The zero-order valence-electron chi connectivity index (χ0n) is 16.0. The summed E-state index contributed by atoms with van der Waals surface area (Å²) in [6.07, 6.45) is 2.48. The Morgan fingerprint density at radius 2 is 2.21 bits per heavy atom. The van der Waals surface area contributed by atoms with Crippen LogP contribution < -0.4 is 20.1 Å². The molecule has 1 unspecified atom stereocenters. The van der Waals surface area contributed by atoms with Gasteiger partial charge in [0.1, 0.15) is 5.75 Å². The molecule has 2 rings (SSSR count). The van der Waals surface area contributed by atoms with Crippen molar-refractivity contribution < 1.29 is 23.1 Å². The lowest BCUT2D eigenvalue weighted by Gasteiger charge is -2.16. The van der Waals surface area contributed by atoms with Gasteiger partial charge in [-0.2, -0.15) is 0 Å². The average molecular weight is 413 g/mol. The van der Waals surface area contributed by atoms with E-state index in [1.54, 1.807) is 12.1 Å². The van der Waals surface area contributed by atoms with Crippen molar-refractivity contribution in [3.05, 3.63) is 24.3 Å². The van der Waals surface area contributed by atoms with Gasteiger partial charge in [-0.25, -0.2) is 13.1 Å². The maximum Gasteiger partial charge on any atom is 0.304 e. The Kier molecular flexibility index (Phi) is 8.52. The third kappa shape index (κ3) is 7.73. The molecule has 0 fully saturated rings. The fourth-order valence-corrected chi connectivity index (χ4v) is 3.92. The maximum atomic E-state index is 12.4. The summed E-state index contributed by atoms with van der Waals surface area (Å²) in [6, 6.07) is 5.47. The number of aliphatic carboxylic acids is 1. The molecule has 1 aromatic carbocycles. The van der Waals surface area contributed by atoms with Gasteiger partial charge in [-0.15, -0.1) is 0 Å². The van der Waals surface area contributed by atoms with Crippen molar-refractivity contribution in [2.24, 2.45) is 4.99 Å². The van der Waals surface area contributed by atoms with Gasteiger partial charge in [-0.05, 0) is 38.3 Å². The number of benzene rings is 1. The second-order valence-corrected chi connectivity index (χ2v) is 8.30. The SMILES string of the molecule is CC(CC(=O)O)NS(=O)(=O)c1cccc(OCCCCNC2=NCCCN2)c1. The largest absolute Gasteiger partial charge is 0.494 e. The Labute approximate surface area is 165 Å². The lowest BCUT2D eigenvalue weighted by Crippen LogP contribution is -2.41. The minimum absolute atomic E-state index is 0.0466. The van der Waals surface area contributed by atoms with E-state index in [0.29, 0.717) is 12.4 Å². The number of unbranched alkanes of at least 4 members (excludes halogenated alkanes) is 1. The van der Waals surface area contributed by atoms with E-state index in [-0.39, 0.29) is 11.3 Å². The van der Waals surface area contributed by atoms with Crippen molar-refractivity contribution >= 4 is 22.0 Å². The molecule has 0 saturated carbocycles. The van der Waals surface area contributed by atoms with Crippen molar-refractivity contribution in [3.63, 3.8) is 0 Å². The van der Waals surface area contributed by atoms with Gasteiger partial charge in [-0.3, -0.25) is 9.79 Å². The number of carboxylic acid groups (broad SMARTS) is 1. The first kappa shape index (κ1) is 22.0. The van der Waals surface area contributed by atoms with Crippen LogP contribution in [-0.2, 0) is 14.8 Å². The van der Waals surface area contributed by atoms with Crippen LogP contribution in [0.4, 0.5) is 0 Å². The zero-order valence-corrected chi connectivity index (χ0v) is 16.8. The highest BCUT2D eigenvalue weighted by Crippen LogP contribution is 2.18. The smallest absolute Gasteiger partial charge is 0.304 e. The Bertz CT molecular complexity index is 782. The van der Waals surface area contributed by atoms with E-state index < -0.39 is 22.0 Å². The topological polar surface area (TPSA) is 129 Å². The van der Waals surface area contributed by atoms with Gasteiger partial charge in [0, 0.05) is 31.7 Å². The summed E-state index contributed by atoms with van der Waals surface area (Å²) in [6.45, 7) is 4.55. The molecule has 0 aromatic heterocycles. The fraction of sp³-hybridized carbons (Fsp3) is 0.556. The Balaban J connectivity index is 1.76. The normalized spacial score (nSPS) is 15.2. The third-order valence-electron chi connectivity index (χ3n) is 3.98. The predicted molar refractivity (Wildman–Crippen MR) is 106 cm³/mol. The quantitative estimate of drug-likeness (QED) is 0.398. The van der Waals surface area contributed by atoms with Gasteiger partial charge in [-0.1, -0.05) is 6.07 Å². The molecule has 156 valence electrons. The molecule has 9 nitrogen and oxygen atoms in total. The number of nitrogens with one attached hydrogen (secondary N) is 3. The van der Waals surface area contributed by atoms with Gasteiger partial charge in [0.2, 0.25) is 10.0 Å². The summed E-state index contributed by atoms with van der Waals surface area (Å²) >= 11 is 0. The Morgan fingerprint density at radius 1 is 1.39 bits per heavy atom. The number of rotatable bonds is 11. The molecule has 0 aliphatic carbocycles. The number of ether oxygens (including phenoxy) is 1. The van der Waals surface area contributed by atoms with E-state index in [2.05, 4.69) is 20.3 Å². The zero-order chi connectivity index (χ0) is 20.4. The molecule has 1 atom stereocenters. The average Bonchev–Trinajstić information content (AvgIpc) is 2.64. The molecule has 0 amide bonds. The predicted octanol–water partition coefficient (Wildman–Crippen LogP) is 0.926. The number of carbonyl (C=O) groups is 1. The van der Waals surface area contributed by atoms with E-state index in [9.17, 15) is 13.2 Å². The minimum atomic E-state index is -3.80. The van der Waals surface area contributed by atoms with Crippen LogP contribution in [0.15, 0.2) is 34.2 Å². The molecular formula is C18H28N4O5S. The number of hydrogen-bond donors (Lipinski definition) is 4. The van der Waals surface area contributed by atoms with Crippen LogP contribution in [0.2, 0.25) is 0 Å². The molecule has 0 saturated heterocycles. The van der Waals surface area contributed by atoms with E-state index >= 15 is 0 Å². The second-order valence-electron chi connectivity index (χ2n) is 6.59. The highest BCUT2D eigenvalue weighted by Gasteiger charge is 2.19.